The Kier molecular flexibility index (Phi) is 4.14. The Bertz CT molecular complexity index is 1540. The quantitative estimate of drug-likeness (QED) is 0.314. The maximum atomic E-state index is 2.49. The number of anilines is 3. The van der Waals surface area contributed by atoms with Crippen molar-refractivity contribution in [1.29, 1.82) is 0 Å². The van der Waals surface area contributed by atoms with Gasteiger partial charge in [0.25, 0.3) is 0 Å². The zero-order chi connectivity index (χ0) is 21.8. The molecular formula is C31H22NSi. The van der Waals surface area contributed by atoms with Gasteiger partial charge in [0.2, 0.25) is 0 Å². The first-order chi connectivity index (χ1) is 16.4. The summed E-state index contributed by atoms with van der Waals surface area (Å²) < 4.78 is 0. The Balaban J connectivity index is 1.64. The molecule has 0 fully saturated rings. The van der Waals surface area contributed by atoms with E-state index in [-0.39, 0.29) is 0 Å². The lowest BCUT2D eigenvalue weighted by Crippen LogP contribution is -2.58. The van der Waals surface area contributed by atoms with E-state index in [1.807, 2.05) is 0 Å². The van der Waals surface area contributed by atoms with Gasteiger partial charge in [0.05, 0.1) is 0 Å². The molecule has 2 aliphatic rings. The smallest absolute Gasteiger partial charge is 0.160 e. The standard InChI is InChI=1S/C31H22NSi/c1-3-14-24(15-4-1)32-27-19-7-8-20-29(27)33(25-16-5-2-6-17-25)31-26-18-10-12-22-11-9-13-23(30(22)26)21-28(31)32/h1-17,19-21H,18H2. The first-order valence-corrected chi connectivity index (χ1v) is 13.0. The highest BCUT2D eigenvalue weighted by Crippen LogP contribution is 2.40. The third kappa shape index (κ3) is 2.78. The van der Waals surface area contributed by atoms with Crippen molar-refractivity contribution in [2.75, 3.05) is 4.90 Å². The average molecular weight is 437 g/mol. The maximum Gasteiger partial charge on any atom is 0.160 e. The summed E-state index contributed by atoms with van der Waals surface area (Å²) >= 11 is 0. The minimum absolute atomic E-state index is 0.989. The van der Waals surface area contributed by atoms with Gasteiger partial charge in [-0.2, -0.15) is 0 Å². The topological polar surface area (TPSA) is 3.24 Å². The van der Waals surface area contributed by atoms with E-state index in [1.165, 1.54) is 54.5 Å². The molecule has 0 bridgehead atoms. The lowest BCUT2D eigenvalue weighted by Gasteiger charge is -2.39. The first-order valence-electron chi connectivity index (χ1n) is 11.5. The van der Waals surface area contributed by atoms with Crippen molar-refractivity contribution in [2.24, 2.45) is 0 Å². The van der Waals surface area contributed by atoms with Crippen LogP contribution in [0.2, 0.25) is 0 Å². The van der Waals surface area contributed by atoms with Crippen molar-refractivity contribution in [3.8, 4) is 0 Å². The van der Waals surface area contributed by atoms with Gasteiger partial charge < -0.3 is 4.90 Å². The summed E-state index contributed by atoms with van der Waals surface area (Å²) in [5.74, 6) is 0. The molecule has 0 aromatic heterocycles. The molecule has 2 heteroatoms. The minimum atomic E-state index is -1.17. The van der Waals surface area contributed by atoms with E-state index >= 15 is 0 Å². The Morgan fingerprint density at radius 3 is 2.27 bits per heavy atom. The van der Waals surface area contributed by atoms with Crippen LogP contribution in [0.1, 0.15) is 11.1 Å². The van der Waals surface area contributed by atoms with Crippen LogP contribution in [0.3, 0.4) is 0 Å². The zero-order valence-electron chi connectivity index (χ0n) is 18.2. The molecule has 155 valence electrons. The molecule has 33 heavy (non-hydrogen) atoms. The van der Waals surface area contributed by atoms with Crippen LogP contribution in [0, 0.1) is 0 Å². The summed E-state index contributed by atoms with van der Waals surface area (Å²) in [5, 5.41) is 7.22. The summed E-state index contributed by atoms with van der Waals surface area (Å²) in [6.07, 6.45) is 5.63. The van der Waals surface area contributed by atoms with Gasteiger partial charge in [0.15, 0.2) is 8.80 Å². The third-order valence-corrected chi connectivity index (χ3v) is 9.81. The number of fused-ring (bicyclic) bond motifs is 3. The molecule has 5 aromatic carbocycles. The molecule has 0 saturated heterocycles. The molecule has 7 rings (SSSR count). The second kappa shape index (κ2) is 7.33. The fraction of sp³-hybridized carbons (Fsp3) is 0.0323. The summed E-state index contributed by atoms with van der Waals surface area (Å²) in [4.78, 5) is 2.49. The molecule has 1 heterocycles. The molecule has 1 nitrogen and oxygen atoms in total. The molecular weight excluding hydrogens is 414 g/mol. The van der Waals surface area contributed by atoms with Crippen LogP contribution in [-0.4, -0.2) is 8.80 Å². The predicted molar refractivity (Wildman–Crippen MR) is 142 cm³/mol. The normalized spacial score (nSPS) is 14.2. The van der Waals surface area contributed by atoms with Crippen LogP contribution in [0.15, 0.2) is 115 Å². The first kappa shape index (κ1) is 18.7. The van der Waals surface area contributed by atoms with Crippen molar-refractivity contribution in [3.63, 3.8) is 0 Å². The van der Waals surface area contributed by atoms with Gasteiger partial charge in [-0.1, -0.05) is 102 Å². The summed E-state index contributed by atoms with van der Waals surface area (Å²) in [6, 6.07) is 40.2. The highest BCUT2D eigenvalue weighted by molar-refractivity contribution is 6.98. The largest absolute Gasteiger partial charge is 0.311 e. The predicted octanol–water partition coefficient (Wildman–Crippen LogP) is 5.71. The number of nitrogens with zero attached hydrogens (tertiary/aromatic N) is 1. The molecule has 0 spiro atoms. The molecule has 0 N–H and O–H groups in total. The van der Waals surface area contributed by atoms with Crippen molar-refractivity contribution >= 4 is 58.3 Å². The van der Waals surface area contributed by atoms with Crippen molar-refractivity contribution in [3.05, 3.63) is 126 Å². The van der Waals surface area contributed by atoms with Gasteiger partial charge in [-0.15, -0.1) is 0 Å². The number of hydrogen-bond acceptors (Lipinski definition) is 1. The monoisotopic (exact) mass is 436 g/mol. The molecule has 1 aliphatic carbocycles. The summed E-state index contributed by atoms with van der Waals surface area (Å²) in [6.45, 7) is 0. The molecule has 1 aliphatic heterocycles. The summed E-state index contributed by atoms with van der Waals surface area (Å²) in [7, 11) is -1.17. The molecule has 0 atom stereocenters. The van der Waals surface area contributed by atoms with E-state index in [2.05, 4.69) is 126 Å². The second-order valence-corrected chi connectivity index (χ2v) is 11.1. The second-order valence-electron chi connectivity index (χ2n) is 8.73. The highest BCUT2D eigenvalue weighted by atomic mass is 28.3. The van der Waals surface area contributed by atoms with Gasteiger partial charge in [0, 0.05) is 17.1 Å². The summed E-state index contributed by atoms with van der Waals surface area (Å²) in [5.41, 5.74) is 6.72. The highest BCUT2D eigenvalue weighted by Gasteiger charge is 2.36. The van der Waals surface area contributed by atoms with Crippen LogP contribution >= 0.6 is 0 Å². The number of hydrogen-bond donors (Lipinski definition) is 0. The molecule has 1 radical (unpaired) electrons. The van der Waals surface area contributed by atoms with Gasteiger partial charge in [-0.25, -0.2) is 0 Å². The third-order valence-electron chi connectivity index (χ3n) is 6.88. The van der Waals surface area contributed by atoms with Crippen LogP contribution in [0.5, 0.6) is 0 Å². The Morgan fingerprint density at radius 2 is 1.42 bits per heavy atom. The van der Waals surface area contributed by atoms with Crippen molar-refractivity contribution < 1.29 is 0 Å². The van der Waals surface area contributed by atoms with Crippen LogP contribution in [0.25, 0.3) is 16.8 Å². The Morgan fingerprint density at radius 1 is 0.667 bits per heavy atom. The lowest BCUT2D eigenvalue weighted by molar-refractivity contribution is 1.26. The SMILES string of the molecule is C1=Cc2cccc3cc4c(c(c23)C1)[Si](c1ccccc1)c1ccccc1N4c1ccccc1. The molecule has 0 unspecified atom stereocenters. The molecule has 5 aromatic rings. The van der Waals surface area contributed by atoms with Crippen LogP contribution < -0.4 is 20.5 Å². The van der Waals surface area contributed by atoms with E-state index in [9.17, 15) is 0 Å². The van der Waals surface area contributed by atoms with Gasteiger partial charge in [-0.05, 0) is 63.0 Å². The molecule has 0 amide bonds. The van der Waals surface area contributed by atoms with Crippen LogP contribution in [0.4, 0.5) is 17.1 Å². The van der Waals surface area contributed by atoms with Crippen LogP contribution in [-0.2, 0) is 6.42 Å². The van der Waals surface area contributed by atoms with E-state index < -0.39 is 8.80 Å². The van der Waals surface area contributed by atoms with Crippen molar-refractivity contribution in [2.45, 2.75) is 6.42 Å². The number of rotatable bonds is 2. The maximum absolute atomic E-state index is 2.49. The van der Waals surface area contributed by atoms with Gasteiger partial charge in [0.1, 0.15) is 0 Å². The van der Waals surface area contributed by atoms with E-state index in [1.54, 1.807) is 0 Å². The average Bonchev–Trinajstić information content (AvgIpc) is 2.89. The number of benzene rings is 5. The Labute approximate surface area is 195 Å². The molecule has 0 saturated carbocycles. The van der Waals surface area contributed by atoms with Crippen molar-refractivity contribution in [1.82, 2.24) is 0 Å². The number of para-hydroxylation sites is 2. The number of allylic oxidation sites excluding steroid dienone is 1. The zero-order valence-corrected chi connectivity index (χ0v) is 19.2. The fourth-order valence-corrected chi connectivity index (χ4v) is 8.64. The lowest BCUT2D eigenvalue weighted by atomic mass is 9.92. The Hall–Kier alpha value is -3.88. The van der Waals surface area contributed by atoms with E-state index in [4.69, 9.17) is 0 Å². The van der Waals surface area contributed by atoms with Gasteiger partial charge >= 0.3 is 0 Å². The van der Waals surface area contributed by atoms with E-state index in [0.29, 0.717) is 0 Å². The van der Waals surface area contributed by atoms with E-state index in [0.717, 1.165) is 6.42 Å². The minimum Gasteiger partial charge on any atom is -0.311 e. The fourth-order valence-electron chi connectivity index (χ4n) is 5.56. The van der Waals surface area contributed by atoms with Gasteiger partial charge in [-0.3, -0.25) is 0 Å².